The molecule has 1 fully saturated rings. The van der Waals surface area contributed by atoms with Gasteiger partial charge in [-0.3, -0.25) is 0 Å². The maximum Gasteiger partial charge on any atom is 0.224 e. The normalized spacial score (nSPS) is 18.1. The zero-order chi connectivity index (χ0) is 9.90. The lowest BCUT2D eigenvalue weighted by molar-refractivity contribution is 0.398. The van der Waals surface area contributed by atoms with Crippen molar-refractivity contribution in [1.29, 1.82) is 0 Å². The van der Waals surface area contributed by atoms with Crippen LogP contribution in [-0.2, 0) is 10.0 Å². The molecular formula is C8H16BrNO2S. The van der Waals surface area contributed by atoms with E-state index in [2.05, 4.69) is 15.9 Å². The Hall–Kier alpha value is 0.390. The Morgan fingerprint density at radius 3 is 2.46 bits per heavy atom. The van der Waals surface area contributed by atoms with Crippen LogP contribution >= 0.6 is 15.9 Å². The van der Waals surface area contributed by atoms with Gasteiger partial charge in [0.05, 0.1) is 0 Å². The lowest BCUT2D eigenvalue weighted by Crippen LogP contribution is -2.34. The summed E-state index contributed by atoms with van der Waals surface area (Å²) in [7, 11) is -3.03. The average molecular weight is 270 g/mol. The first-order valence-electron chi connectivity index (χ1n) is 4.64. The monoisotopic (exact) mass is 269 g/mol. The Balaban J connectivity index is 2.54. The van der Waals surface area contributed by atoms with Crippen LogP contribution in [0.1, 0.15) is 26.2 Å². The molecule has 0 radical (unpaired) electrons. The van der Waals surface area contributed by atoms with E-state index in [0.29, 0.717) is 12.5 Å². The highest BCUT2D eigenvalue weighted by molar-refractivity contribution is 9.10. The largest absolute Gasteiger partial charge is 0.224 e. The number of hydrogen-bond acceptors (Lipinski definition) is 2. The number of rotatable bonds is 6. The Labute approximate surface area is 88.7 Å². The van der Waals surface area contributed by atoms with Gasteiger partial charge in [0, 0.05) is 13.1 Å². The number of nitrogens with zero attached hydrogens (tertiary/aromatic N) is 1. The predicted octanol–water partition coefficient (Wildman–Crippen LogP) is 1.79. The van der Waals surface area contributed by atoms with Gasteiger partial charge < -0.3 is 0 Å². The molecule has 1 aliphatic carbocycles. The SMILES string of the molecule is CCCN(CC1CC1)S(=O)(=O)CBr. The molecule has 0 saturated heterocycles. The van der Waals surface area contributed by atoms with Gasteiger partial charge in [0.1, 0.15) is 4.66 Å². The van der Waals surface area contributed by atoms with Crippen molar-refractivity contribution in [1.82, 2.24) is 4.31 Å². The average Bonchev–Trinajstić information content (AvgIpc) is 2.87. The van der Waals surface area contributed by atoms with Crippen molar-refractivity contribution < 1.29 is 8.42 Å². The molecule has 0 unspecified atom stereocenters. The van der Waals surface area contributed by atoms with Crippen molar-refractivity contribution in [2.45, 2.75) is 26.2 Å². The van der Waals surface area contributed by atoms with E-state index in [1.54, 1.807) is 4.31 Å². The van der Waals surface area contributed by atoms with Crippen molar-refractivity contribution in [3.63, 3.8) is 0 Å². The van der Waals surface area contributed by atoms with Gasteiger partial charge in [-0.25, -0.2) is 12.7 Å². The molecule has 0 aromatic heterocycles. The van der Waals surface area contributed by atoms with E-state index in [9.17, 15) is 8.42 Å². The Morgan fingerprint density at radius 1 is 1.46 bits per heavy atom. The Bertz CT molecular complexity index is 249. The highest BCUT2D eigenvalue weighted by Gasteiger charge is 2.29. The third-order valence-electron chi connectivity index (χ3n) is 2.16. The number of alkyl halides is 1. The highest BCUT2D eigenvalue weighted by Crippen LogP contribution is 2.30. The van der Waals surface area contributed by atoms with Gasteiger partial charge >= 0.3 is 0 Å². The summed E-state index contributed by atoms with van der Waals surface area (Å²) in [6.45, 7) is 3.38. The second kappa shape index (κ2) is 4.75. The first kappa shape index (κ1) is 11.5. The van der Waals surface area contributed by atoms with Crippen molar-refractivity contribution in [3.05, 3.63) is 0 Å². The molecule has 0 bridgehead atoms. The fourth-order valence-electron chi connectivity index (χ4n) is 1.25. The zero-order valence-electron chi connectivity index (χ0n) is 7.87. The second-order valence-corrected chi connectivity index (χ2v) is 6.79. The molecule has 3 nitrogen and oxygen atoms in total. The fraction of sp³-hybridized carbons (Fsp3) is 1.00. The molecule has 0 atom stereocenters. The third-order valence-corrected chi connectivity index (χ3v) is 5.29. The van der Waals surface area contributed by atoms with Crippen LogP contribution in [0.15, 0.2) is 0 Å². The molecule has 0 spiro atoms. The van der Waals surface area contributed by atoms with E-state index in [1.807, 2.05) is 6.92 Å². The van der Waals surface area contributed by atoms with Crippen LogP contribution in [0.25, 0.3) is 0 Å². The van der Waals surface area contributed by atoms with E-state index in [0.717, 1.165) is 13.0 Å². The minimum Gasteiger partial charge on any atom is -0.211 e. The molecule has 5 heteroatoms. The summed E-state index contributed by atoms with van der Waals surface area (Å²) in [4.78, 5) is 0. The molecule has 0 aromatic rings. The van der Waals surface area contributed by atoms with Gasteiger partial charge in [0.25, 0.3) is 0 Å². The molecule has 1 aliphatic rings. The molecular weight excluding hydrogens is 254 g/mol. The number of sulfonamides is 1. The molecule has 0 aliphatic heterocycles. The first-order chi connectivity index (χ1) is 6.10. The van der Waals surface area contributed by atoms with Gasteiger partial charge in [-0.05, 0) is 25.2 Å². The summed E-state index contributed by atoms with van der Waals surface area (Å²) in [5.74, 6) is 0.625. The minimum absolute atomic E-state index is 0.0483. The maximum absolute atomic E-state index is 11.5. The molecule has 78 valence electrons. The highest BCUT2D eigenvalue weighted by atomic mass is 79.9. The second-order valence-electron chi connectivity index (χ2n) is 3.52. The zero-order valence-corrected chi connectivity index (χ0v) is 10.3. The molecule has 1 rings (SSSR count). The van der Waals surface area contributed by atoms with E-state index >= 15 is 0 Å². The summed E-state index contributed by atoms with van der Waals surface area (Å²) >= 11 is 3.02. The van der Waals surface area contributed by atoms with Crippen molar-refractivity contribution >= 4 is 26.0 Å². The third kappa shape index (κ3) is 3.56. The van der Waals surface area contributed by atoms with Crippen LogP contribution in [0, 0.1) is 5.92 Å². The summed E-state index contributed by atoms with van der Waals surface area (Å²) in [6, 6.07) is 0. The first-order valence-corrected chi connectivity index (χ1v) is 7.37. The van der Waals surface area contributed by atoms with Gasteiger partial charge in [0.15, 0.2) is 0 Å². The molecule has 0 aromatic carbocycles. The Kier molecular flexibility index (Phi) is 4.19. The summed E-state index contributed by atoms with van der Waals surface area (Å²) < 4.78 is 24.7. The lowest BCUT2D eigenvalue weighted by atomic mass is 10.4. The summed E-state index contributed by atoms with van der Waals surface area (Å²) in [6.07, 6.45) is 3.27. The van der Waals surface area contributed by atoms with Crippen LogP contribution in [0.5, 0.6) is 0 Å². The molecule has 0 N–H and O–H groups in total. The quantitative estimate of drug-likeness (QED) is 0.690. The van der Waals surface area contributed by atoms with E-state index in [-0.39, 0.29) is 4.66 Å². The lowest BCUT2D eigenvalue weighted by Gasteiger charge is -2.19. The van der Waals surface area contributed by atoms with Gasteiger partial charge in [-0.15, -0.1) is 0 Å². The van der Waals surface area contributed by atoms with Crippen LogP contribution in [0.2, 0.25) is 0 Å². The topological polar surface area (TPSA) is 37.4 Å². The standard InChI is InChI=1S/C8H16BrNO2S/c1-2-5-10(6-8-3-4-8)13(11,12)7-9/h8H,2-7H2,1H3. The predicted molar refractivity (Wildman–Crippen MR) is 57.3 cm³/mol. The minimum atomic E-state index is -3.03. The molecule has 13 heavy (non-hydrogen) atoms. The van der Waals surface area contributed by atoms with Crippen LogP contribution in [-0.4, -0.2) is 30.5 Å². The van der Waals surface area contributed by atoms with Crippen molar-refractivity contribution in [2.24, 2.45) is 5.92 Å². The summed E-state index contributed by atoms with van der Waals surface area (Å²) in [5.41, 5.74) is 0. The van der Waals surface area contributed by atoms with Crippen LogP contribution in [0.4, 0.5) is 0 Å². The van der Waals surface area contributed by atoms with E-state index < -0.39 is 10.0 Å². The Morgan fingerprint density at radius 2 is 2.08 bits per heavy atom. The van der Waals surface area contributed by atoms with Gasteiger partial charge in [0.2, 0.25) is 10.0 Å². The van der Waals surface area contributed by atoms with E-state index in [1.165, 1.54) is 12.8 Å². The fourth-order valence-corrected chi connectivity index (χ4v) is 3.16. The van der Waals surface area contributed by atoms with Crippen molar-refractivity contribution in [2.75, 3.05) is 17.8 Å². The smallest absolute Gasteiger partial charge is 0.211 e. The van der Waals surface area contributed by atoms with Crippen molar-refractivity contribution in [3.8, 4) is 0 Å². The van der Waals surface area contributed by atoms with Gasteiger partial charge in [-0.2, -0.15) is 0 Å². The number of hydrogen-bond donors (Lipinski definition) is 0. The number of halogens is 1. The molecule has 1 saturated carbocycles. The maximum atomic E-state index is 11.5. The van der Waals surface area contributed by atoms with Crippen LogP contribution < -0.4 is 0 Å². The molecule has 0 heterocycles. The van der Waals surface area contributed by atoms with E-state index in [4.69, 9.17) is 0 Å². The van der Waals surface area contributed by atoms with Gasteiger partial charge in [-0.1, -0.05) is 22.9 Å². The molecule has 0 amide bonds. The van der Waals surface area contributed by atoms with Crippen LogP contribution in [0.3, 0.4) is 0 Å². The summed E-state index contributed by atoms with van der Waals surface area (Å²) in [5, 5.41) is 0.